The average molecular weight is 277 g/mol. The minimum absolute atomic E-state index is 0.0804. The van der Waals surface area contributed by atoms with Gasteiger partial charge < -0.3 is 15.2 Å². The van der Waals surface area contributed by atoms with Crippen LogP contribution in [0.25, 0.3) is 0 Å². The van der Waals surface area contributed by atoms with Gasteiger partial charge >= 0.3 is 0 Å². The Morgan fingerprint density at radius 3 is 2.65 bits per heavy atom. The van der Waals surface area contributed by atoms with Crippen LogP contribution in [-0.2, 0) is 4.74 Å². The Hall–Kier alpha value is -1.06. The van der Waals surface area contributed by atoms with Crippen LogP contribution in [0.1, 0.15) is 50.1 Å². The van der Waals surface area contributed by atoms with Gasteiger partial charge in [0, 0.05) is 18.7 Å². The first kappa shape index (κ1) is 15.3. The van der Waals surface area contributed by atoms with E-state index in [1.54, 1.807) is 7.11 Å². The summed E-state index contributed by atoms with van der Waals surface area (Å²) in [5, 5.41) is 0. The van der Waals surface area contributed by atoms with Gasteiger partial charge in [0.25, 0.3) is 0 Å². The van der Waals surface area contributed by atoms with Crippen LogP contribution in [0.3, 0.4) is 0 Å². The van der Waals surface area contributed by atoms with Crippen LogP contribution in [0.4, 0.5) is 0 Å². The zero-order chi connectivity index (χ0) is 14.2. The normalized spacial score (nSPS) is 17.9. The molecule has 2 rings (SSSR count). The summed E-state index contributed by atoms with van der Waals surface area (Å²) in [7, 11) is 1.68. The molecule has 1 saturated carbocycles. The van der Waals surface area contributed by atoms with Crippen molar-refractivity contribution in [3.8, 4) is 5.75 Å². The standard InChI is InChI=1S/C17H27NO2/c1-19-11-12-20-17-10-6-5-9-15(17)16(18)13-14-7-3-2-4-8-14/h5-6,9-10,14,16H,2-4,7-8,11-13,18H2,1H3. The second-order valence-electron chi connectivity index (χ2n) is 5.73. The summed E-state index contributed by atoms with van der Waals surface area (Å²) < 4.78 is 10.8. The van der Waals surface area contributed by atoms with Gasteiger partial charge in [-0.05, 0) is 18.4 Å². The first-order chi connectivity index (χ1) is 9.81. The predicted molar refractivity (Wildman–Crippen MR) is 81.9 cm³/mol. The lowest BCUT2D eigenvalue weighted by Crippen LogP contribution is -2.18. The predicted octanol–water partition coefficient (Wildman–Crippen LogP) is 3.68. The molecular formula is C17H27NO2. The third kappa shape index (κ3) is 4.50. The van der Waals surface area contributed by atoms with E-state index in [1.165, 1.54) is 32.1 Å². The summed E-state index contributed by atoms with van der Waals surface area (Å²) in [6, 6.07) is 8.22. The minimum Gasteiger partial charge on any atom is -0.491 e. The second-order valence-corrected chi connectivity index (χ2v) is 5.73. The van der Waals surface area contributed by atoms with E-state index in [1.807, 2.05) is 18.2 Å². The summed E-state index contributed by atoms with van der Waals surface area (Å²) in [6.07, 6.45) is 7.86. The van der Waals surface area contributed by atoms with Gasteiger partial charge in [0.2, 0.25) is 0 Å². The van der Waals surface area contributed by atoms with E-state index in [0.717, 1.165) is 23.7 Å². The summed E-state index contributed by atoms with van der Waals surface area (Å²) in [5.74, 6) is 1.69. The van der Waals surface area contributed by atoms with E-state index in [2.05, 4.69) is 6.07 Å². The Morgan fingerprint density at radius 1 is 1.15 bits per heavy atom. The van der Waals surface area contributed by atoms with E-state index in [0.29, 0.717) is 13.2 Å². The van der Waals surface area contributed by atoms with Gasteiger partial charge in [0.05, 0.1) is 6.61 Å². The fourth-order valence-corrected chi connectivity index (χ4v) is 3.06. The van der Waals surface area contributed by atoms with Gasteiger partial charge in [-0.3, -0.25) is 0 Å². The highest BCUT2D eigenvalue weighted by Crippen LogP contribution is 2.33. The number of para-hydroxylation sites is 1. The molecule has 3 nitrogen and oxygen atoms in total. The van der Waals surface area contributed by atoms with Gasteiger partial charge in [-0.15, -0.1) is 0 Å². The molecule has 0 radical (unpaired) electrons. The largest absolute Gasteiger partial charge is 0.491 e. The number of ether oxygens (including phenoxy) is 2. The highest BCUT2D eigenvalue weighted by molar-refractivity contribution is 5.35. The molecule has 0 aliphatic heterocycles. The molecule has 1 aliphatic carbocycles. The van der Waals surface area contributed by atoms with Crippen molar-refractivity contribution in [2.75, 3.05) is 20.3 Å². The van der Waals surface area contributed by atoms with Crippen LogP contribution in [0, 0.1) is 5.92 Å². The molecule has 1 unspecified atom stereocenters. The van der Waals surface area contributed by atoms with Gasteiger partial charge in [0.1, 0.15) is 12.4 Å². The van der Waals surface area contributed by atoms with Crippen LogP contribution in [0.15, 0.2) is 24.3 Å². The number of benzene rings is 1. The summed E-state index contributed by atoms with van der Waals surface area (Å²) in [4.78, 5) is 0. The minimum atomic E-state index is 0.0804. The van der Waals surface area contributed by atoms with Crippen molar-refractivity contribution in [3.05, 3.63) is 29.8 Å². The number of hydrogen-bond acceptors (Lipinski definition) is 3. The molecule has 112 valence electrons. The molecule has 0 heterocycles. The molecule has 2 N–H and O–H groups in total. The van der Waals surface area contributed by atoms with E-state index < -0.39 is 0 Å². The van der Waals surface area contributed by atoms with Crippen molar-refractivity contribution in [1.29, 1.82) is 0 Å². The topological polar surface area (TPSA) is 44.5 Å². The Labute approximate surface area is 122 Å². The van der Waals surface area contributed by atoms with Crippen molar-refractivity contribution in [2.24, 2.45) is 11.7 Å². The molecular weight excluding hydrogens is 250 g/mol. The lowest BCUT2D eigenvalue weighted by Gasteiger charge is -2.25. The van der Waals surface area contributed by atoms with E-state index >= 15 is 0 Å². The third-order valence-corrected chi connectivity index (χ3v) is 4.18. The van der Waals surface area contributed by atoms with Crippen molar-refractivity contribution < 1.29 is 9.47 Å². The maximum Gasteiger partial charge on any atom is 0.124 e. The zero-order valence-corrected chi connectivity index (χ0v) is 12.5. The molecule has 0 saturated heterocycles. The molecule has 1 aromatic rings. The average Bonchev–Trinajstić information content (AvgIpc) is 2.49. The number of methoxy groups -OCH3 is 1. The van der Waals surface area contributed by atoms with Gasteiger partial charge in [-0.25, -0.2) is 0 Å². The maximum absolute atomic E-state index is 6.42. The van der Waals surface area contributed by atoms with Crippen molar-refractivity contribution >= 4 is 0 Å². The van der Waals surface area contributed by atoms with E-state index in [-0.39, 0.29) is 6.04 Å². The molecule has 0 spiro atoms. The second kappa shape index (κ2) is 8.28. The number of hydrogen-bond donors (Lipinski definition) is 1. The molecule has 0 aromatic heterocycles. The van der Waals surface area contributed by atoms with Crippen LogP contribution in [0.2, 0.25) is 0 Å². The van der Waals surface area contributed by atoms with Crippen molar-refractivity contribution in [1.82, 2.24) is 0 Å². The molecule has 0 amide bonds. The van der Waals surface area contributed by atoms with Crippen LogP contribution < -0.4 is 10.5 Å². The fraction of sp³-hybridized carbons (Fsp3) is 0.647. The first-order valence-corrected chi connectivity index (χ1v) is 7.77. The molecule has 1 fully saturated rings. The SMILES string of the molecule is COCCOc1ccccc1C(N)CC1CCCCC1. The molecule has 1 aromatic carbocycles. The monoisotopic (exact) mass is 277 g/mol. The van der Waals surface area contributed by atoms with E-state index in [4.69, 9.17) is 15.2 Å². The summed E-state index contributed by atoms with van der Waals surface area (Å²) >= 11 is 0. The van der Waals surface area contributed by atoms with Gasteiger partial charge in [0.15, 0.2) is 0 Å². The molecule has 1 atom stereocenters. The van der Waals surface area contributed by atoms with Crippen molar-refractivity contribution in [2.45, 2.75) is 44.6 Å². The van der Waals surface area contributed by atoms with Gasteiger partial charge in [-0.2, -0.15) is 0 Å². The zero-order valence-electron chi connectivity index (χ0n) is 12.5. The number of rotatable bonds is 7. The van der Waals surface area contributed by atoms with Crippen molar-refractivity contribution in [3.63, 3.8) is 0 Å². The van der Waals surface area contributed by atoms with Crippen LogP contribution in [-0.4, -0.2) is 20.3 Å². The highest BCUT2D eigenvalue weighted by atomic mass is 16.5. The van der Waals surface area contributed by atoms with Crippen LogP contribution >= 0.6 is 0 Å². The third-order valence-electron chi connectivity index (χ3n) is 4.18. The highest BCUT2D eigenvalue weighted by Gasteiger charge is 2.19. The number of nitrogens with two attached hydrogens (primary N) is 1. The van der Waals surface area contributed by atoms with Gasteiger partial charge in [-0.1, -0.05) is 50.3 Å². The Bertz CT molecular complexity index is 388. The van der Waals surface area contributed by atoms with Crippen LogP contribution in [0.5, 0.6) is 5.75 Å². The Morgan fingerprint density at radius 2 is 1.90 bits per heavy atom. The summed E-state index contributed by atoms with van der Waals surface area (Å²) in [5.41, 5.74) is 7.55. The molecule has 1 aliphatic rings. The molecule has 20 heavy (non-hydrogen) atoms. The lowest BCUT2D eigenvalue weighted by molar-refractivity contribution is 0.145. The fourth-order valence-electron chi connectivity index (χ4n) is 3.06. The summed E-state index contributed by atoms with van der Waals surface area (Å²) in [6.45, 7) is 1.18. The van der Waals surface area contributed by atoms with E-state index in [9.17, 15) is 0 Å². The molecule has 0 bridgehead atoms. The molecule has 3 heteroatoms. The quantitative estimate of drug-likeness (QED) is 0.773. The maximum atomic E-state index is 6.42. The smallest absolute Gasteiger partial charge is 0.124 e. The Kier molecular flexibility index (Phi) is 6.34. The Balaban J connectivity index is 1.95. The first-order valence-electron chi connectivity index (χ1n) is 7.77. The lowest BCUT2D eigenvalue weighted by atomic mass is 9.83.